The number of hydrogen-bond donors (Lipinski definition) is 2. The number of carbonyl (C=O) groups excluding carboxylic acids is 2. The number of aryl methyl sites for hydroxylation is 1. The lowest BCUT2D eigenvalue weighted by atomic mass is 10.1. The van der Waals surface area contributed by atoms with Gasteiger partial charge >= 0.3 is 5.69 Å². The molecule has 8 heteroatoms. The minimum atomic E-state index is -0.532. The van der Waals surface area contributed by atoms with Crippen molar-refractivity contribution in [2.45, 2.75) is 45.8 Å². The third kappa shape index (κ3) is 4.14. The van der Waals surface area contributed by atoms with Crippen LogP contribution in [-0.2, 0) is 17.9 Å². The van der Waals surface area contributed by atoms with E-state index in [9.17, 15) is 19.2 Å². The maximum absolute atomic E-state index is 12.8. The number of hydrogen-bond acceptors (Lipinski definition) is 4. The quantitative estimate of drug-likeness (QED) is 0.637. The summed E-state index contributed by atoms with van der Waals surface area (Å²) in [4.78, 5) is 50.5. The summed E-state index contributed by atoms with van der Waals surface area (Å²) in [6.45, 7) is 3.50. The number of benzene rings is 2. The van der Waals surface area contributed by atoms with Crippen molar-refractivity contribution in [1.82, 2.24) is 14.5 Å². The molecule has 2 amide bonds. The van der Waals surface area contributed by atoms with Crippen LogP contribution in [0.25, 0.3) is 10.9 Å². The minimum Gasteiger partial charge on any atom is -0.349 e. The van der Waals surface area contributed by atoms with Crippen molar-refractivity contribution >= 4 is 28.4 Å². The van der Waals surface area contributed by atoms with E-state index in [1.807, 2.05) is 6.92 Å². The number of para-hydroxylation sites is 1. The van der Waals surface area contributed by atoms with E-state index in [0.717, 1.165) is 23.0 Å². The van der Waals surface area contributed by atoms with E-state index in [0.29, 0.717) is 22.2 Å². The fourth-order valence-electron chi connectivity index (χ4n) is 3.53. The number of aromatic nitrogens is 2. The monoisotopic (exact) mass is 420 g/mol. The number of nitrogens with one attached hydrogen (secondary N) is 2. The van der Waals surface area contributed by atoms with Gasteiger partial charge in [0.25, 0.3) is 11.5 Å². The van der Waals surface area contributed by atoms with Crippen molar-refractivity contribution < 1.29 is 9.59 Å². The molecule has 1 aliphatic carbocycles. The van der Waals surface area contributed by atoms with Crippen LogP contribution in [0, 0.1) is 6.92 Å². The average Bonchev–Trinajstić information content (AvgIpc) is 3.57. The second kappa shape index (κ2) is 8.22. The first-order valence-corrected chi connectivity index (χ1v) is 10.3. The van der Waals surface area contributed by atoms with Crippen LogP contribution in [-0.4, -0.2) is 27.0 Å². The summed E-state index contributed by atoms with van der Waals surface area (Å²) in [6.07, 6.45) is 1.98. The molecule has 1 fully saturated rings. The zero-order valence-electron chi connectivity index (χ0n) is 17.5. The van der Waals surface area contributed by atoms with Gasteiger partial charge in [-0.25, -0.2) is 4.79 Å². The van der Waals surface area contributed by atoms with Crippen molar-refractivity contribution in [2.75, 3.05) is 5.32 Å². The molecule has 1 heterocycles. The Hall–Kier alpha value is -3.68. The number of nitrogens with zero attached hydrogens (tertiary/aromatic N) is 2. The van der Waals surface area contributed by atoms with Gasteiger partial charge in [-0.2, -0.15) is 0 Å². The molecule has 2 N–H and O–H groups in total. The summed E-state index contributed by atoms with van der Waals surface area (Å²) in [6, 6.07) is 12.1. The summed E-state index contributed by atoms with van der Waals surface area (Å²) in [7, 11) is 0. The molecular weight excluding hydrogens is 396 g/mol. The lowest BCUT2D eigenvalue weighted by molar-refractivity contribution is -0.116. The number of rotatable bonds is 6. The van der Waals surface area contributed by atoms with Gasteiger partial charge in [-0.1, -0.05) is 18.2 Å². The first-order valence-electron chi connectivity index (χ1n) is 10.3. The van der Waals surface area contributed by atoms with E-state index in [1.54, 1.807) is 49.4 Å². The van der Waals surface area contributed by atoms with E-state index in [-0.39, 0.29) is 30.6 Å². The predicted molar refractivity (Wildman–Crippen MR) is 118 cm³/mol. The first-order chi connectivity index (χ1) is 14.9. The van der Waals surface area contributed by atoms with Gasteiger partial charge in [0.05, 0.1) is 10.9 Å². The molecule has 0 radical (unpaired) electrons. The Kier molecular flexibility index (Phi) is 5.46. The predicted octanol–water partition coefficient (Wildman–Crippen LogP) is 2.02. The average molecular weight is 420 g/mol. The Labute approximate surface area is 178 Å². The van der Waals surface area contributed by atoms with Crippen LogP contribution in [0.1, 0.15) is 35.7 Å². The smallest absolute Gasteiger partial charge is 0.331 e. The summed E-state index contributed by atoms with van der Waals surface area (Å²) >= 11 is 0. The molecule has 0 saturated heterocycles. The molecule has 31 heavy (non-hydrogen) atoms. The van der Waals surface area contributed by atoms with Crippen molar-refractivity contribution in [3.05, 3.63) is 74.4 Å². The zero-order chi connectivity index (χ0) is 22.1. The first kappa shape index (κ1) is 20.6. The minimum absolute atomic E-state index is 0.171. The van der Waals surface area contributed by atoms with Crippen LogP contribution in [0.5, 0.6) is 0 Å². The van der Waals surface area contributed by atoms with Crippen LogP contribution < -0.4 is 21.9 Å². The van der Waals surface area contributed by atoms with Crippen LogP contribution >= 0.6 is 0 Å². The fourth-order valence-corrected chi connectivity index (χ4v) is 3.53. The van der Waals surface area contributed by atoms with Crippen LogP contribution in [0.2, 0.25) is 0 Å². The Morgan fingerprint density at radius 3 is 2.52 bits per heavy atom. The van der Waals surface area contributed by atoms with Crippen LogP contribution in [0.4, 0.5) is 5.69 Å². The van der Waals surface area contributed by atoms with Crippen LogP contribution in [0.15, 0.2) is 52.1 Å². The van der Waals surface area contributed by atoms with Gasteiger partial charge in [0.2, 0.25) is 5.91 Å². The molecule has 2 aromatic carbocycles. The molecular formula is C23H24N4O4. The van der Waals surface area contributed by atoms with Gasteiger partial charge in [-0.3, -0.25) is 23.5 Å². The lowest BCUT2D eigenvalue weighted by Crippen LogP contribution is -2.41. The lowest BCUT2D eigenvalue weighted by Gasteiger charge is -2.14. The highest BCUT2D eigenvalue weighted by molar-refractivity contribution is 5.98. The Morgan fingerprint density at radius 2 is 1.81 bits per heavy atom. The number of amides is 2. The third-order valence-electron chi connectivity index (χ3n) is 5.44. The van der Waals surface area contributed by atoms with E-state index >= 15 is 0 Å². The third-order valence-corrected chi connectivity index (χ3v) is 5.44. The topological polar surface area (TPSA) is 102 Å². The molecule has 1 aliphatic rings. The second-order valence-electron chi connectivity index (χ2n) is 7.76. The standard InChI is InChI=1S/C23H24N4O4/c1-3-26-22(30)17-6-4-5-7-19(17)27(23(26)31)13-20(28)25-18-12-15(9-8-14(18)2)21(29)24-16-10-11-16/h4-9,12,16H,3,10-11,13H2,1-2H3,(H,24,29)(H,25,28). The Morgan fingerprint density at radius 1 is 1.06 bits per heavy atom. The van der Waals surface area contributed by atoms with Crippen molar-refractivity contribution in [1.29, 1.82) is 0 Å². The molecule has 1 saturated carbocycles. The summed E-state index contributed by atoms with van der Waals surface area (Å²) in [5.41, 5.74) is 1.28. The van der Waals surface area contributed by atoms with Gasteiger partial charge in [-0.15, -0.1) is 0 Å². The van der Waals surface area contributed by atoms with E-state index in [4.69, 9.17) is 0 Å². The van der Waals surface area contributed by atoms with Gasteiger partial charge in [0.1, 0.15) is 6.54 Å². The molecule has 1 aromatic heterocycles. The highest BCUT2D eigenvalue weighted by atomic mass is 16.2. The maximum Gasteiger partial charge on any atom is 0.331 e. The van der Waals surface area contributed by atoms with Gasteiger partial charge in [0, 0.05) is 23.8 Å². The number of fused-ring (bicyclic) bond motifs is 1. The number of carbonyl (C=O) groups is 2. The van der Waals surface area contributed by atoms with E-state index in [2.05, 4.69) is 10.6 Å². The maximum atomic E-state index is 12.8. The zero-order valence-corrected chi connectivity index (χ0v) is 17.5. The molecule has 0 bridgehead atoms. The largest absolute Gasteiger partial charge is 0.349 e. The normalized spacial score (nSPS) is 13.2. The Balaban J connectivity index is 1.62. The molecule has 0 atom stereocenters. The molecule has 0 aliphatic heterocycles. The van der Waals surface area contributed by atoms with E-state index in [1.165, 1.54) is 4.57 Å². The molecule has 4 rings (SSSR count). The number of anilines is 1. The summed E-state index contributed by atoms with van der Waals surface area (Å²) in [5, 5.41) is 6.11. The molecule has 8 nitrogen and oxygen atoms in total. The highest BCUT2D eigenvalue weighted by Gasteiger charge is 2.24. The molecule has 160 valence electrons. The van der Waals surface area contributed by atoms with Gasteiger partial charge in [-0.05, 0) is 56.5 Å². The van der Waals surface area contributed by atoms with Crippen molar-refractivity contribution in [3.63, 3.8) is 0 Å². The highest BCUT2D eigenvalue weighted by Crippen LogP contribution is 2.21. The molecule has 0 spiro atoms. The Bertz CT molecular complexity index is 1300. The van der Waals surface area contributed by atoms with E-state index < -0.39 is 11.6 Å². The van der Waals surface area contributed by atoms with Gasteiger partial charge < -0.3 is 10.6 Å². The van der Waals surface area contributed by atoms with Gasteiger partial charge in [0.15, 0.2) is 0 Å². The summed E-state index contributed by atoms with van der Waals surface area (Å²) in [5.74, 6) is -0.591. The van der Waals surface area contributed by atoms with Crippen molar-refractivity contribution in [2.24, 2.45) is 0 Å². The molecule has 0 unspecified atom stereocenters. The SMILES string of the molecule is CCn1c(=O)c2ccccc2n(CC(=O)Nc2cc(C(=O)NC3CC3)ccc2C)c1=O. The summed E-state index contributed by atoms with van der Waals surface area (Å²) < 4.78 is 2.41. The van der Waals surface area contributed by atoms with Crippen LogP contribution in [0.3, 0.4) is 0 Å². The molecule has 3 aromatic rings. The second-order valence-corrected chi connectivity index (χ2v) is 7.76. The van der Waals surface area contributed by atoms with Crippen molar-refractivity contribution in [3.8, 4) is 0 Å². The fraction of sp³-hybridized carbons (Fsp3) is 0.304.